The molecule has 0 radical (unpaired) electrons. The maximum absolute atomic E-state index is 12.9. The van der Waals surface area contributed by atoms with Gasteiger partial charge in [0, 0.05) is 6.08 Å². The average Bonchev–Trinajstić information content (AvgIpc) is 2.93. The van der Waals surface area contributed by atoms with Gasteiger partial charge >= 0.3 is 11.9 Å². The van der Waals surface area contributed by atoms with E-state index in [0.717, 1.165) is 29.5 Å². The van der Waals surface area contributed by atoms with Crippen LogP contribution in [0.5, 0.6) is 0 Å². The molecule has 0 spiro atoms. The zero-order chi connectivity index (χ0) is 21.4. The third-order valence-corrected chi connectivity index (χ3v) is 5.85. The molecular weight excluding hydrogens is 366 g/mol. The van der Waals surface area contributed by atoms with Gasteiger partial charge in [-0.05, 0) is 61.6 Å². The molecule has 1 aromatic carbocycles. The van der Waals surface area contributed by atoms with Crippen LogP contribution in [0.15, 0.2) is 30.4 Å². The van der Waals surface area contributed by atoms with Gasteiger partial charge in [0.05, 0.1) is 18.4 Å². The van der Waals surface area contributed by atoms with Crippen LogP contribution < -0.4 is 0 Å². The van der Waals surface area contributed by atoms with Crippen LogP contribution in [0.2, 0.25) is 0 Å². The number of esters is 2. The van der Waals surface area contributed by atoms with Crippen molar-refractivity contribution in [1.29, 1.82) is 5.26 Å². The van der Waals surface area contributed by atoms with Crippen molar-refractivity contribution >= 4 is 11.9 Å². The molecule has 5 nitrogen and oxygen atoms in total. The van der Waals surface area contributed by atoms with Crippen molar-refractivity contribution in [3.05, 3.63) is 47.0 Å². The summed E-state index contributed by atoms with van der Waals surface area (Å²) in [5.41, 5.74) is 2.39. The number of fused-ring (bicyclic) bond motifs is 1. The number of hydrogen-bond donors (Lipinski definition) is 0. The van der Waals surface area contributed by atoms with Gasteiger partial charge < -0.3 is 9.47 Å². The van der Waals surface area contributed by atoms with Crippen molar-refractivity contribution < 1.29 is 19.1 Å². The molecule has 2 aliphatic rings. The number of carbonyl (C=O) groups is 2. The van der Waals surface area contributed by atoms with Crippen LogP contribution in [0.3, 0.4) is 0 Å². The number of nitriles is 1. The van der Waals surface area contributed by atoms with E-state index in [-0.39, 0.29) is 29.3 Å². The third-order valence-electron chi connectivity index (χ3n) is 5.85. The van der Waals surface area contributed by atoms with Crippen molar-refractivity contribution in [1.82, 2.24) is 0 Å². The van der Waals surface area contributed by atoms with Gasteiger partial charge in [0.1, 0.15) is 11.7 Å². The van der Waals surface area contributed by atoms with Crippen molar-refractivity contribution in [2.24, 2.45) is 17.3 Å². The molecule has 0 aromatic heterocycles. The number of nitrogens with zero attached hydrogens (tertiary/aromatic N) is 1. The van der Waals surface area contributed by atoms with Crippen molar-refractivity contribution in [2.75, 3.05) is 0 Å². The van der Waals surface area contributed by atoms with Gasteiger partial charge in [-0.15, -0.1) is 0 Å². The standard InChI is InChI=1S/C24H29NO4/c1-23(2,3)29-20(26)12-10-18-21(24(18,4)5)22(27)28-19-11-9-16-15(13-14-25)7-6-8-17(16)19/h6-8,10,12,18-19,21H,9,11,13H2,1-5H3/t18-,19?,21-/m0/s1. The highest BCUT2D eigenvalue weighted by atomic mass is 16.6. The van der Waals surface area contributed by atoms with E-state index < -0.39 is 11.6 Å². The van der Waals surface area contributed by atoms with Crippen LogP contribution in [-0.4, -0.2) is 17.5 Å². The van der Waals surface area contributed by atoms with E-state index in [4.69, 9.17) is 14.7 Å². The number of ether oxygens (including phenoxy) is 2. The Balaban J connectivity index is 1.65. The first-order valence-corrected chi connectivity index (χ1v) is 10.1. The first-order chi connectivity index (χ1) is 13.5. The summed E-state index contributed by atoms with van der Waals surface area (Å²) in [6, 6.07) is 8.07. The van der Waals surface area contributed by atoms with E-state index in [1.165, 1.54) is 6.08 Å². The van der Waals surface area contributed by atoms with Gasteiger partial charge in [-0.1, -0.05) is 38.1 Å². The predicted octanol–water partition coefficient (Wildman–Crippen LogP) is 4.45. The second-order valence-electron chi connectivity index (χ2n) is 9.50. The van der Waals surface area contributed by atoms with Crippen LogP contribution in [0, 0.1) is 28.6 Å². The molecule has 0 aliphatic heterocycles. The Morgan fingerprint density at radius 1 is 1.31 bits per heavy atom. The van der Waals surface area contributed by atoms with Gasteiger partial charge in [0.2, 0.25) is 0 Å². The minimum absolute atomic E-state index is 0.0479. The SMILES string of the molecule is CC(C)(C)OC(=O)C=C[C@H]1[C@@H](C(=O)OC2CCc3c(CC#N)cccc32)C1(C)C. The number of allylic oxidation sites excluding steroid dienone is 1. The fraction of sp³-hybridized carbons (Fsp3) is 0.542. The Labute approximate surface area is 172 Å². The van der Waals surface area contributed by atoms with E-state index >= 15 is 0 Å². The van der Waals surface area contributed by atoms with E-state index in [0.29, 0.717) is 6.42 Å². The summed E-state index contributed by atoms with van der Waals surface area (Å²) in [4.78, 5) is 24.8. The van der Waals surface area contributed by atoms with Crippen LogP contribution in [0.4, 0.5) is 0 Å². The molecule has 5 heteroatoms. The molecule has 0 saturated heterocycles. The highest BCUT2D eigenvalue weighted by Gasteiger charge is 2.61. The molecule has 0 heterocycles. The van der Waals surface area contributed by atoms with Gasteiger partial charge in [-0.25, -0.2) is 4.79 Å². The second kappa shape index (κ2) is 7.67. The molecule has 0 amide bonds. The van der Waals surface area contributed by atoms with Gasteiger partial charge in [0.25, 0.3) is 0 Å². The minimum atomic E-state index is -0.543. The Bertz CT molecular complexity index is 885. The summed E-state index contributed by atoms with van der Waals surface area (Å²) in [7, 11) is 0. The molecule has 0 N–H and O–H groups in total. The molecule has 2 aliphatic carbocycles. The molecule has 154 valence electrons. The molecule has 0 bridgehead atoms. The molecule has 3 atom stereocenters. The highest BCUT2D eigenvalue weighted by molar-refractivity contribution is 5.83. The molecule has 1 unspecified atom stereocenters. The Morgan fingerprint density at radius 2 is 2.03 bits per heavy atom. The monoisotopic (exact) mass is 395 g/mol. The number of hydrogen-bond acceptors (Lipinski definition) is 5. The zero-order valence-electron chi connectivity index (χ0n) is 17.8. The molecular formula is C24H29NO4. The van der Waals surface area contributed by atoms with Gasteiger partial charge in [-0.3, -0.25) is 4.79 Å². The molecule has 3 rings (SSSR count). The summed E-state index contributed by atoms with van der Waals surface area (Å²) in [6.45, 7) is 9.48. The highest BCUT2D eigenvalue weighted by Crippen LogP contribution is 2.60. The summed E-state index contributed by atoms with van der Waals surface area (Å²) >= 11 is 0. The average molecular weight is 395 g/mol. The lowest BCUT2D eigenvalue weighted by atomic mass is 10.0. The van der Waals surface area contributed by atoms with Crippen LogP contribution >= 0.6 is 0 Å². The van der Waals surface area contributed by atoms with Gasteiger partial charge in [0.15, 0.2) is 0 Å². The fourth-order valence-corrected chi connectivity index (χ4v) is 4.28. The Kier molecular flexibility index (Phi) is 5.58. The summed E-state index contributed by atoms with van der Waals surface area (Å²) in [5, 5.41) is 9.01. The number of carbonyl (C=O) groups excluding carboxylic acids is 2. The van der Waals surface area contributed by atoms with Gasteiger partial charge in [-0.2, -0.15) is 5.26 Å². The molecule has 29 heavy (non-hydrogen) atoms. The predicted molar refractivity (Wildman–Crippen MR) is 109 cm³/mol. The third kappa shape index (κ3) is 4.53. The molecule has 1 fully saturated rings. The zero-order valence-corrected chi connectivity index (χ0v) is 17.8. The first kappa shape index (κ1) is 21.1. The van der Waals surface area contributed by atoms with E-state index in [1.807, 2.05) is 52.8 Å². The summed E-state index contributed by atoms with van der Waals surface area (Å²) in [6.07, 6.45) is 4.87. The fourth-order valence-electron chi connectivity index (χ4n) is 4.28. The lowest BCUT2D eigenvalue weighted by Crippen LogP contribution is -2.22. The van der Waals surface area contributed by atoms with E-state index in [9.17, 15) is 9.59 Å². The van der Waals surface area contributed by atoms with E-state index in [1.54, 1.807) is 6.08 Å². The summed E-state index contributed by atoms with van der Waals surface area (Å²) in [5.74, 6) is -0.944. The molecule has 1 aromatic rings. The Morgan fingerprint density at radius 3 is 2.69 bits per heavy atom. The number of rotatable bonds is 5. The smallest absolute Gasteiger partial charge is 0.330 e. The van der Waals surface area contributed by atoms with Crippen LogP contribution in [0.1, 0.15) is 63.8 Å². The maximum atomic E-state index is 12.9. The normalized spacial score (nSPS) is 24.6. The lowest BCUT2D eigenvalue weighted by molar-refractivity contribution is -0.152. The van der Waals surface area contributed by atoms with Crippen LogP contribution in [0.25, 0.3) is 0 Å². The quantitative estimate of drug-likeness (QED) is 0.544. The Hall–Kier alpha value is -2.61. The van der Waals surface area contributed by atoms with Crippen molar-refractivity contribution in [3.63, 3.8) is 0 Å². The largest absolute Gasteiger partial charge is 0.457 e. The van der Waals surface area contributed by atoms with Crippen molar-refractivity contribution in [3.8, 4) is 6.07 Å². The maximum Gasteiger partial charge on any atom is 0.330 e. The summed E-state index contributed by atoms with van der Waals surface area (Å²) < 4.78 is 11.2. The minimum Gasteiger partial charge on any atom is -0.457 e. The van der Waals surface area contributed by atoms with Crippen LogP contribution in [-0.2, 0) is 31.9 Å². The first-order valence-electron chi connectivity index (χ1n) is 10.1. The van der Waals surface area contributed by atoms with E-state index in [2.05, 4.69) is 6.07 Å². The topological polar surface area (TPSA) is 76.4 Å². The van der Waals surface area contributed by atoms with Crippen molar-refractivity contribution in [2.45, 2.75) is 65.6 Å². The molecule has 1 saturated carbocycles. The second-order valence-corrected chi connectivity index (χ2v) is 9.50. The lowest BCUT2D eigenvalue weighted by Gasteiger charge is -2.17. The number of benzene rings is 1.